The van der Waals surface area contributed by atoms with Crippen LogP contribution < -0.4 is 0 Å². The number of nitrogens with one attached hydrogen (secondary N) is 2. The van der Waals surface area contributed by atoms with Gasteiger partial charge in [-0.1, -0.05) is 7.43 Å². The number of ketones is 2. The van der Waals surface area contributed by atoms with E-state index in [1.165, 1.54) is 24.3 Å². The van der Waals surface area contributed by atoms with Crippen LogP contribution in [0.5, 0.6) is 0 Å². The van der Waals surface area contributed by atoms with Crippen molar-refractivity contribution in [2.45, 2.75) is 7.43 Å². The minimum Gasteiger partial charge on any atom is -0.351 e. The number of aromatic nitrogens is 4. The molecule has 2 heterocycles. The van der Waals surface area contributed by atoms with E-state index in [-0.39, 0.29) is 19.0 Å². The molecule has 0 bridgehead atoms. The number of rotatable bonds is 0. The molecular weight excluding hydrogens is 244 g/mol. The summed E-state index contributed by atoms with van der Waals surface area (Å²) in [6.07, 6.45) is 15.2. The molecule has 100 valence electrons. The molecule has 6 nitrogen and oxygen atoms in total. The summed E-state index contributed by atoms with van der Waals surface area (Å²) in [5.41, 5.74) is 0. The van der Waals surface area contributed by atoms with Gasteiger partial charge in [-0.25, -0.2) is 9.97 Å². The van der Waals surface area contributed by atoms with Gasteiger partial charge in [0, 0.05) is 24.8 Å². The fourth-order valence-electron chi connectivity index (χ4n) is 0.870. The first-order valence-corrected chi connectivity index (χ1v) is 5.08. The van der Waals surface area contributed by atoms with Crippen LogP contribution in [0, 0.1) is 0 Å². The van der Waals surface area contributed by atoms with Crippen molar-refractivity contribution in [3.8, 4) is 0 Å². The molecule has 3 rings (SSSR count). The molecule has 0 saturated carbocycles. The molecule has 0 fully saturated rings. The fraction of sp³-hybridized carbons (Fsp3) is 0.0769. The minimum absolute atomic E-state index is 0. The van der Waals surface area contributed by atoms with Gasteiger partial charge in [0.15, 0.2) is 11.6 Å². The first kappa shape index (κ1) is 16.2. The lowest BCUT2D eigenvalue weighted by atomic mass is 10.2. The highest BCUT2D eigenvalue weighted by atomic mass is 16.1. The predicted molar refractivity (Wildman–Crippen MR) is 72.2 cm³/mol. The van der Waals surface area contributed by atoms with Gasteiger partial charge in [-0.05, 0) is 24.3 Å². The van der Waals surface area contributed by atoms with E-state index in [0.29, 0.717) is 0 Å². The lowest BCUT2D eigenvalue weighted by Crippen LogP contribution is -1.97. The zero-order valence-corrected chi connectivity index (χ0v) is 9.48. The van der Waals surface area contributed by atoms with Crippen LogP contribution >= 0.6 is 0 Å². The molecular formula is C13H16N4O2. The number of carbonyl (C=O) groups is 2. The van der Waals surface area contributed by atoms with Gasteiger partial charge in [0.2, 0.25) is 0 Å². The molecule has 6 heteroatoms. The third-order valence-electron chi connectivity index (χ3n) is 1.64. The zero-order chi connectivity index (χ0) is 13.1. The molecule has 0 unspecified atom stereocenters. The van der Waals surface area contributed by atoms with E-state index in [4.69, 9.17) is 0 Å². The molecule has 0 amide bonds. The summed E-state index contributed by atoms with van der Waals surface area (Å²) < 4.78 is 0. The van der Waals surface area contributed by atoms with Crippen LogP contribution in [0.3, 0.4) is 0 Å². The summed E-state index contributed by atoms with van der Waals surface area (Å²) in [6, 6.07) is 0. The zero-order valence-electron chi connectivity index (χ0n) is 9.48. The van der Waals surface area contributed by atoms with Crippen molar-refractivity contribution < 1.29 is 9.59 Å². The van der Waals surface area contributed by atoms with Gasteiger partial charge in [0.25, 0.3) is 0 Å². The highest BCUT2D eigenvalue weighted by molar-refractivity contribution is 6.14. The van der Waals surface area contributed by atoms with Gasteiger partial charge < -0.3 is 9.97 Å². The molecule has 19 heavy (non-hydrogen) atoms. The van der Waals surface area contributed by atoms with Gasteiger partial charge in [0.05, 0.1) is 12.7 Å². The Balaban J connectivity index is 0.000000259. The Bertz CT molecular complexity index is 400. The van der Waals surface area contributed by atoms with Crippen molar-refractivity contribution in [3.63, 3.8) is 0 Å². The van der Waals surface area contributed by atoms with Crippen LogP contribution in [0.4, 0.5) is 0 Å². The third kappa shape index (κ3) is 8.99. The Hall–Kier alpha value is -2.76. The van der Waals surface area contributed by atoms with Crippen molar-refractivity contribution in [2.75, 3.05) is 0 Å². The van der Waals surface area contributed by atoms with E-state index < -0.39 is 0 Å². The highest BCUT2D eigenvalue weighted by Crippen LogP contribution is 1.90. The Morgan fingerprint density at radius 3 is 1.26 bits per heavy atom. The van der Waals surface area contributed by atoms with E-state index in [1.807, 2.05) is 0 Å². The number of nitrogens with zero attached hydrogens (tertiary/aromatic N) is 2. The molecule has 0 radical (unpaired) electrons. The number of hydrogen-bond acceptors (Lipinski definition) is 4. The molecule has 0 aromatic carbocycles. The number of H-pyrrole nitrogens is 2. The summed E-state index contributed by atoms with van der Waals surface area (Å²) in [5.74, 6) is -0.241. The molecule has 0 spiro atoms. The Morgan fingerprint density at radius 2 is 1.11 bits per heavy atom. The fourth-order valence-corrected chi connectivity index (χ4v) is 0.870. The van der Waals surface area contributed by atoms with E-state index >= 15 is 0 Å². The standard InChI is InChI=1S/C6H4O2.2C3H4N2.CH4/c7-5-1-2-6(8)4-3-5;2*1-2-5-3-4-1;/h1-4H;2*1-3H,(H,4,5);1H4. The Morgan fingerprint density at radius 1 is 0.737 bits per heavy atom. The molecule has 0 aliphatic heterocycles. The van der Waals surface area contributed by atoms with Crippen LogP contribution in [0.2, 0.25) is 0 Å². The van der Waals surface area contributed by atoms with E-state index in [2.05, 4.69) is 19.9 Å². The number of imidazole rings is 2. The number of carbonyl (C=O) groups excluding carboxylic acids is 2. The summed E-state index contributed by atoms with van der Waals surface area (Å²) in [4.78, 5) is 33.4. The van der Waals surface area contributed by atoms with Gasteiger partial charge in [-0.15, -0.1) is 0 Å². The second-order valence-electron chi connectivity index (χ2n) is 2.99. The molecule has 1 aliphatic rings. The molecule has 2 N–H and O–H groups in total. The predicted octanol–water partition coefficient (Wildman–Crippen LogP) is 1.71. The SMILES string of the molecule is C.O=C1C=CC(=O)C=C1.c1c[nH]cn1.c1c[nH]cn1. The maximum atomic E-state index is 10.3. The second kappa shape index (κ2) is 10.4. The largest absolute Gasteiger partial charge is 0.351 e. The van der Waals surface area contributed by atoms with Crippen molar-refractivity contribution in [2.24, 2.45) is 0 Å². The number of hydrogen-bond donors (Lipinski definition) is 2. The third-order valence-corrected chi connectivity index (χ3v) is 1.64. The van der Waals surface area contributed by atoms with E-state index in [9.17, 15) is 9.59 Å². The summed E-state index contributed by atoms with van der Waals surface area (Å²) in [7, 11) is 0. The average molecular weight is 260 g/mol. The molecule has 0 saturated heterocycles. The van der Waals surface area contributed by atoms with Crippen LogP contribution in [-0.4, -0.2) is 31.5 Å². The summed E-state index contributed by atoms with van der Waals surface area (Å²) in [5, 5.41) is 0. The first-order chi connectivity index (χ1) is 8.79. The van der Waals surface area contributed by atoms with Crippen LogP contribution in [0.25, 0.3) is 0 Å². The maximum absolute atomic E-state index is 10.3. The van der Waals surface area contributed by atoms with Crippen LogP contribution in [0.1, 0.15) is 7.43 Å². The van der Waals surface area contributed by atoms with Gasteiger partial charge in [-0.2, -0.15) is 0 Å². The van der Waals surface area contributed by atoms with E-state index in [1.54, 1.807) is 37.4 Å². The number of aromatic amines is 2. The summed E-state index contributed by atoms with van der Waals surface area (Å²) >= 11 is 0. The monoisotopic (exact) mass is 260 g/mol. The van der Waals surface area contributed by atoms with Crippen molar-refractivity contribution in [3.05, 3.63) is 61.7 Å². The molecule has 2 aromatic heterocycles. The first-order valence-electron chi connectivity index (χ1n) is 5.08. The Kier molecular flexibility index (Phi) is 8.89. The second-order valence-corrected chi connectivity index (χ2v) is 2.99. The smallest absolute Gasteiger partial charge is 0.178 e. The van der Waals surface area contributed by atoms with E-state index in [0.717, 1.165) is 0 Å². The van der Waals surface area contributed by atoms with Gasteiger partial charge >= 0.3 is 0 Å². The Labute approximate surface area is 111 Å². The number of allylic oxidation sites excluding steroid dienone is 4. The topological polar surface area (TPSA) is 91.5 Å². The molecule has 0 atom stereocenters. The maximum Gasteiger partial charge on any atom is 0.178 e. The van der Waals surface area contributed by atoms with Crippen molar-refractivity contribution in [1.82, 2.24) is 19.9 Å². The van der Waals surface area contributed by atoms with Gasteiger partial charge in [-0.3, -0.25) is 9.59 Å². The molecule has 1 aliphatic carbocycles. The summed E-state index contributed by atoms with van der Waals surface area (Å²) in [6.45, 7) is 0. The molecule has 2 aromatic rings. The average Bonchev–Trinajstić information content (AvgIpc) is 3.11. The minimum atomic E-state index is -0.121. The van der Waals surface area contributed by atoms with Crippen LogP contribution in [-0.2, 0) is 9.59 Å². The van der Waals surface area contributed by atoms with Crippen LogP contribution in [0.15, 0.2) is 61.7 Å². The van der Waals surface area contributed by atoms with Gasteiger partial charge in [0.1, 0.15) is 0 Å². The lowest BCUT2D eigenvalue weighted by molar-refractivity contribution is -0.113. The highest BCUT2D eigenvalue weighted by Gasteiger charge is 1.97. The quantitative estimate of drug-likeness (QED) is 0.705. The van der Waals surface area contributed by atoms with Crippen molar-refractivity contribution >= 4 is 11.6 Å². The normalized spacial score (nSPS) is 11.6. The lowest BCUT2D eigenvalue weighted by Gasteiger charge is -1.87. The van der Waals surface area contributed by atoms with Crippen molar-refractivity contribution in [1.29, 1.82) is 0 Å².